The molecule has 0 aliphatic carbocycles. The van der Waals surface area contributed by atoms with Crippen LogP contribution < -0.4 is 5.32 Å². The lowest BCUT2D eigenvalue weighted by molar-refractivity contribution is -0.133. The first-order valence-corrected chi connectivity index (χ1v) is 7.23. The fourth-order valence-corrected chi connectivity index (χ4v) is 2.51. The van der Waals surface area contributed by atoms with Crippen LogP contribution >= 0.6 is 0 Å². The summed E-state index contributed by atoms with van der Waals surface area (Å²) in [5.41, 5.74) is 0. The van der Waals surface area contributed by atoms with Gasteiger partial charge >= 0.3 is 0 Å². The highest BCUT2D eigenvalue weighted by molar-refractivity contribution is 5.81. The molecule has 1 aliphatic rings. The number of rotatable bonds is 5. The zero-order valence-corrected chi connectivity index (χ0v) is 11.7. The molecule has 3 nitrogen and oxygen atoms in total. The Labute approximate surface area is 106 Å². The van der Waals surface area contributed by atoms with Gasteiger partial charge in [0.1, 0.15) is 0 Å². The fourth-order valence-electron chi connectivity index (χ4n) is 2.51. The van der Waals surface area contributed by atoms with Gasteiger partial charge in [0.2, 0.25) is 5.91 Å². The minimum Gasteiger partial charge on any atom is -0.341 e. The number of amides is 1. The summed E-state index contributed by atoms with van der Waals surface area (Å²) in [6, 6.07) is 0.443. The van der Waals surface area contributed by atoms with Crippen LogP contribution in [0, 0.1) is 0 Å². The van der Waals surface area contributed by atoms with E-state index >= 15 is 0 Å². The summed E-state index contributed by atoms with van der Waals surface area (Å²) >= 11 is 0. The Morgan fingerprint density at radius 2 is 1.65 bits per heavy atom. The van der Waals surface area contributed by atoms with Gasteiger partial charge < -0.3 is 10.2 Å². The lowest BCUT2D eigenvalue weighted by Gasteiger charge is -2.27. The number of likely N-dealkylation sites (tertiary alicyclic amines) is 1. The lowest BCUT2D eigenvalue weighted by Crippen LogP contribution is -2.48. The maximum absolute atomic E-state index is 12.3. The zero-order chi connectivity index (χ0) is 12.7. The van der Waals surface area contributed by atoms with E-state index in [2.05, 4.69) is 19.2 Å². The van der Waals surface area contributed by atoms with Gasteiger partial charge in [-0.2, -0.15) is 0 Å². The molecule has 17 heavy (non-hydrogen) atoms. The molecule has 3 heteroatoms. The molecule has 0 spiro atoms. The van der Waals surface area contributed by atoms with Crippen molar-refractivity contribution in [2.24, 2.45) is 0 Å². The maximum atomic E-state index is 12.3. The Balaban J connectivity index is 2.43. The third-order valence-corrected chi connectivity index (χ3v) is 3.76. The Bertz CT molecular complexity index is 218. The molecule has 1 heterocycles. The molecular weight excluding hydrogens is 212 g/mol. The number of nitrogens with zero attached hydrogens (tertiary/aromatic N) is 1. The second-order valence-electron chi connectivity index (χ2n) is 5.14. The van der Waals surface area contributed by atoms with Gasteiger partial charge in [-0.05, 0) is 32.6 Å². The smallest absolute Gasteiger partial charge is 0.239 e. The normalized spacial score (nSPS) is 19.2. The summed E-state index contributed by atoms with van der Waals surface area (Å²) in [5.74, 6) is 0.291. The Morgan fingerprint density at radius 3 is 2.12 bits per heavy atom. The monoisotopic (exact) mass is 240 g/mol. The Kier molecular flexibility index (Phi) is 6.56. The predicted octanol–water partition coefficient (Wildman–Crippen LogP) is 2.56. The van der Waals surface area contributed by atoms with Gasteiger partial charge in [-0.15, -0.1) is 0 Å². The number of hydrogen-bond acceptors (Lipinski definition) is 2. The molecule has 1 fully saturated rings. The van der Waals surface area contributed by atoms with Crippen LogP contribution in [0.15, 0.2) is 0 Å². The molecular formula is C14H28N2O. The quantitative estimate of drug-likeness (QED) is 0.801. The lowest BCUT2D eigenvalue weighted by atomic mass is 10.1. The molecule has 1 rings (SSSR count). The van der Waals surface area contributed by atoms with Crippen molar-refractivity contribution in [2.75, 3.05) is 13.1 Å². The van der Waals surface area contributed by atoms with Crippen molar-refractivity contribution in [3.05, 3.63) is 0 Å². The second-order valence-corrected chi connectivity index (χ2v) is 5.14. The molecule has 1 N–H and O–H groups in total. The van der Waals surface area contributed by atoms with E-state index in [9.17, 15) is 4.79 Å². The first-order chi connectivity index (χ1) is 8.19. The number of carbonyl (C=O) groups excluding carboxylic acids is 1. The molecule has 0 aromatic heterocycles. The van der Waals surface area contributed by atoms with E-state index < -0.39 is 0 Å². The third kappa shape index (κ3) is 4.66. The molecule has 1 amide bonds. The van der Waals surface area contributed by atoms with Crippen molar-refractivity contribution in [3.8, 4) is 0 Å². The third-order valence-electron chi connectivity index (χ3n) is 3.76. The van der Waals surface area contributed by atoms with Crippen molar-refractivity contribution >= 4 is 5.91 Å². The van der Waals surface area contributed by atoms with Gasteiger partial charge in [0, 0.05) is 19.1 Å². The number of carbonyl (C=O) groups is 1. The fraction of sp³-hybridized carbons (Fsp3) is 0.929. The van der Waals surface area contributed by atoms with E-state index in [0.29, 0.717) is 11.9 Å². The summed E-state index contributed by atoms with van der Waals surface area (Å²) in [4.78, 5) is 14.3. The van der Waals surface area contributed by atoms with Crippen LogP contribution in [0.2, 0.25) is 0 Å². The van der Waals surface area contributed by atoms with Crippen LogP contribution in [0.25, 0.3) is 0 Å². The molecule has 0 bridgehead atoms. The Morgan fingerprint density at radius 1 is 1.12 bits per heavy atom. The molecule has 1 aliphatic heterocycles. The zero-order valence-electron chi connectivity index (χ0n) is 11.7. The summed E-state index contributed by atoms with van der Waals surface area (Å²) in [6.45, 7) is 8.25. The summed E-state index contributed by atoms with van der Waals surface area (Å²) in [7, 11) is 0. The summed E-state index contributed by atoms with van der Waals surface area (Å²) in [5, 5.41) is 3.44. The van der Waals surface area contributed by atoms with E-state index in [1.54, 1.807) is 0 Å². The highest BCUT2D eigenvalue weighted by atomic mass is 16.2. The van der Waals surface area contributed by atoms with E-state index in [-0.39, 0.29) is 6.04 Å². The molecule has 0 saturated carbocycles. The predicted molar refractivity (Wildman–Crippen MR) is 72.0 cm³/mol. The van der Waals surface area contributed by atoms with Gasteiger partial charge in [0.15, 0.2) is 0 Å². The minimum absolute atomic E-state index is 0.0296. The first kappa shape index (κ1) is 14.5. The van der Waals surface area contributed by atoms with Crippen LogP contribution in [0.3, 0.4) is 0 Å². The van der Waals surface area contributed by atoms with Crippen LogP contribution in [0.5, 0.6) is 0 Å². The van der Waals surface area contributed by atoms with Crippen molar-refractivity contribution in [1.82, 2.24) is 10.2 Å². The maximum Gasteiger partial charge on any atom is 0.239 e. The van der Waals surface area contributed by atoms with Crippen molar-refractivity contribution in [2.45, 2.75) is 71.4 Å². The second kappa shape index (κ2) is 7.70. The Hall–Kier alpha value is -0.570. The van der Waals surface area contributed by atoms with E-state index in [4.69, 9.17) is 0 Å². The molecule has 1 unspecified atom stereocenters. The standard InChI is InChI=1S/C14H28N2O/c1-4-13(5-2)15-12(3)14(17)16-10-8-6-7-9-11-16/h12-13,15H,4-11H2,1-3H3. The van der Waals surface area contributed by atoms with Crippen LogP contribution in [0.4, 0.5) is 0 Å². The molecule has 100 valence electrons. The molecule has 1 atom stereocenters. The molecule has 0 radical (unpaired) electrons. The SMILES string of the molecule is CCC(CC)NC(C)C(=O)N1CCCCCC1. The van der Waals surface area contributed by atoms with Crippen LogP contribution in [-0.2, 0) is 4.79 Å². The van der Waals surface area contributed by atoms with Gasteiger partial charge in [-0.1, -0.05) is 26.7 Å². The average molecular weight is 240 g/mol. The molecule has 0 aromatic carbocycles. The van der Waals surface area contributed by atoms with Crippen molar-refractivity contribution in [1.29, 1.82) is 0 Å². The van der Waals surface area contributed by atoms with Crippen molar-refractivity contribution in [3.63, 3.8) is 0 Å². The van der Waals surface area contributed by atoms with Gasteiger partial charge in [0.05, 0.1) is 6.04 Å². The molecule has 0 aromatic rings. The summed E-state index contributed by atoms with van der Waals surface area (Å²) < 4.78 is 0. The topological polar surface area (TPSA) is 32.3 Å². The number of hydrogen-bond donors (Lipinski definition) is 1. The van der Waals surface area contributed by atoms with Crippen LogP contribution in [0.1, 0.15) is 59.3 Å². The van der Waals surface area contributed by atoms with Crippen molar-refractivity contribution < 1.29 is 4.79 Å². The van der Waals surface area contributed by atoms with Gasteiger partial charge in [-0.25, -0.2) is 0 Å². The van der Waals surface area contributed by atoms with Crippen LogP contribution in [-0.4, -0.2) is 36.0 Å². The van der Waals surface area contributed by atoms with E-state index in [0.717, 1.165) is 25.9 Å². The highest BCUT2D eigenvalue weighted by Crippen LogP contribution is 2.11. The van der Waals surface area contributed by atoms with Gasteiger partial charge in [0.25, 0.3) is 0 Å². The van der Waals surface area contributed by atoms with E-state index in [1.807, 2.05) is 11.8 Å². The van der Waals surface area contributed by atoms with Gasteiger partial charge in [-0.3, -0.25) is 4.79 Å². The largest absolute Gasteiger partial charge is 0.341 e. The highest BCUT2D eigenvalue weighted by Gasteiger charge is 2.22. The first-order valence-electron chi connectivity index (χ1n) is 7.23. The summed E-state index contributed by atoms with van der Waals surface area (Å²) in [6.07, 6.45) is 7.07. The average Bonchev–Trinajstić information content (AvgIpc) is 2.63. The number of nitrogens with one attached hydrogen (secondary N) is 1. The minimum atomic E-state index is -0.0296. The molecule has 1 saturated heterocycles. The van der Waals surface area contributed by atoms with E-state index in [1.165, 1.54) is 25.7 Å².